The summed E-state index contributed by atoms with van der Waals surface area (Å²) in [5.74, 6) is -4.16. The molecule has 0 aromatic rings. The Morgan fingerprint density at radius 2 is 1.73 bits per heavy atom. The minimum atomic E-state index is -1.68. The van der Waals surface area contributed by atoms with Crippen LogP contribution in [0, 0.1) is 29.6 Å². The predicted octanol–water partition coefficient (Wildman–Crippen LogP) is -1.57. The highest BCUT2D eigenvalue weighted by Crippen LogP contribution is 2.48. The lowest BCUT2D eigenvalue weighted by Gasteiger charge is -2.43. The Morgan fingerprint density at radius 3 is 2.37 bits per heavy atom. The third kappa shape index (κ3) is 6.01. The summed E-state index contributed by atoms with van der Waals surface area (Å²) in [5, 5.41) is 60.1. The Kier molecular flexibility index (Phi) is 10.1. The fourth-order valence-electron chi connectivity index (χ4n) is 6.14. The molecule has 1 aliphatic carbocycles. The van der Waals surface area contributed by atoms with E-state index in [9.17, 15) is 40.2 Å². The molecule has 1 saturated heterocycles. The number of carbonyl (C=O) groups excluding carboxylic acids is 2. The molecule has 0 unspecified atom stereocenters. The first-order valence-corrected chi connectivity index (χ1v) is 13.5. The molecule has 3 heterocycles. The molecule has 3 aliphatic heterocycles. The smallest absolute Gasteiger partial charge is 0.337 e. The third-order valence-electron chi connectivity index (χ3n) is 8.46. The van der Waals surface area contributed by atoms with Crippen molar-refractivity contribution in [3.63, 3.8) is 0 Å². The van der Waals surface area contributed by atoms with Crippen molar-refractivity contribution >= 4 is 11.9 Å². The van der Waals surface area contributed by atoms with Crippen LogP contribution in [0.15, 0.2) is 36.3 Å². The maximum Gasteiger partial charge on any atom is 0.337 e. The van der Waals surface area contributed by atoms with Crippen molar-refractivity contribution in [2.45, 2.75) is 69.2 Å². The van der Waals surface area contributed by atoms with Crippen LogP contribution in [0.4, 0.5) is 0 Å². The van der Waals surface area contributed by atoms with Crippen LogP contribution in [-0.4, -0.2) is 112 Å². The number of hydrogen-bond acceptors (Lipinski definition) is 14. The summed E-state index contributed by atoms with van der Waals surface area (Å²) in [4.78, 5) is 25.7. The highest BCUT2D eigenvalue weighted by atomic mass is 16.8. The first kappa shape index (κ1) is 31.4. The van der Waals surface area contributed by atoms with Crippen LogP contribution in [0.25, 0.3) is 0 Å². The molecule has 230 valence electrons. The summed E-state index contributed by atoms with van der Waals surface area (Å²) in [6, 6.07) is 0. The first-order valence-electron chi connectivity index (χ1n) is 13.5. The van der Waals surface area contributed by atoms with Crippen molar-refractivity contribution in [3.05, 3.63) is 36.3 Å². The van der Waals surface area contributed by atoms with E-state index in [4.69, 9.17) is 28.4 Å². The normalized spacial score (nSPS) is 42.1. The number of methoxy groups -OCH3 is 1. The molecule has 14 heteroatoms. The zero-order chi connectivity index (χ0) is 30.0. The molecule has 0 radical (unpaired) electrons. The van der Waals surface area contributed by atoms with Crippen LogP contribution in [0.1, 0.15) is 19.8 Å². The van der Waals surface area contributed by atoms with E-state index in [0.717, 1.165) is 6.26 Å². The first-order chi connectivity index (χ1) is 19.6. The van der Waals surface area contributed by atoms with Crippen LogP contribution in [0.3, 0.4) is 0 Å². The van der Waals surface area contributed by atoms with Crippen molar-refractivity contribution in [1.29, 1.82) is 0 Å². The fourth-order valence-corrected chi connectivity index (χ4v) is 6.14. The van der Waals surface area contributed by atoms with E-state index in [1.807, 2.05) is 0 Å². The standard InChI is InChI=1S/C27H38O14/c1-4-12-13(5-6-28)15(10-38-26(12)41-27-22(32)21(31)20(30)18(8-29)40-27)24(34)39-17-7-14-16(23(33)36-3)9-37-25(35)19(14)11(17)2/h4,9-14,17-22,25-32,35H,1,5-8H2,2-3H3/t11-,12+,13-,14+,17-,18+,19+,20+,21-,22+,25+,26-,27-/m0/s1. The summed E-state index contributed by atoms with van der Waals surface area (Å²) in [6.07, 6.45) is -6.61. The van der Waals surface area contributed by atoms with Crippen LogP contribution in [0.2, 0.25) is 0 Å². The zero-order valence-electron chi connectivity index (χ0n) is 22.7. The lowest BCUT2D eigenvalue weighted by molar-refractivity contribution is -0.339. The average molecular weight is 587 g/mol. The van der Waals surface area contributed by atoms with Crippen LogP contribution < -0.4 is 0 Å². The molecule has 1 saturated carbocycles. The molecular formula is C27H38O14. The Morgan fingerprint density at radius 1 is 1.02 bits per heavy atom. The molecule has 14 nitrogen and oxygen atoms in total. The maximum absolute atomic E-state index is 13.4. The van der Waals surface area contributed by atoms with E-state index in [1.54, 1.807) is 6.92 Å². The monoisotopic (exact) mass is 586 g/mol. The molecule has 0 amide bonds. The summed E-state index contributed by atoms with van der Waals surface area (Å²) in [5.41, 5.74) is 0.326. The minimum Gasteiger partial charge on any atom is -0.472 e. The molecule has 6 N–H and O–H groups in total. The zero-order valence-corrected chi connectivity index (χ0v) is 22.7. The molecule has 0 aromatic carbocycles. The van der Waals surface area contributed by atoms with E-state index < -0.39 is 91.6 Å². The summed E-state index contributed by atoms with van der Waals surface area (Å²) in [6.45, 7) is 4.61. The highest BCUT2D eigenvalue weighted by Gasteiger charge is 2.53. The van der Waals surface area contributed by atoms with Gasteiger partial charge >= 0.3 is 11.9 Å². The quantitative estimate of drug-likeness (QED) is 0.133. The van der Waals surface area contributed by atoms with Gasteiger partial charge in [0.2, 0.25) is 6.29 Å². The van der Waals surface area contributed by atoms with E-state index in [2.05, 4.69) is 6.58 Å². The summed E-state index contributed by atoms with van der Waals surface area (Å²) < 4.78 is 32.8. The number of fused-ring (bicyclic) bond motifs is 1. The molecule has 0 bridgehead atoms. The second kappa shape index (κ2) is 13.2. The largest absolute Gasteiger partial charge is 0.472 e. The SMILES string of the molecule is C=C[C@H]1[C@H](O[C@@H]2O[C@H](CO)[C@@H](O)[C@H](O)[C@H]2O)OC=C(C(=O)O[C@H]2C[C@@H]3C(C(=O)OC)=CO[C@@H](O)[C@@H]3[C@H]2C)[C@H]1CCO. The van der Waals surface area contributed by atoms with Crippen molar-refractivity contribution in [2.75, 3.05) is 20.3 Å². The second-order valence-electron chi connectivity index (χ2n) is 10.7. The van der Waals surface area contributed by atoms with Gasteiger partial charge in [-0.1, -0.05) is 13.0 Å². The maximum atomic E-state index is 13.4. The number of ether oxygens (including phenoxy) is 6. The Balaban J connectivity index is 1.50. The lowest BCUT2D eigenvalue weighted by atomic mass is 9.81. The topological polar surface area (TPSA) is 211 Å². The highest BCUT2D eigenvalue weighted by molar-refractivity contribution is 5.90. The van der Waals surface area contributed by atoms with Crippen molar-refractivity contribution in [1.82, 2.24) is 0 Å². The van der Waals surface area contributed by atoms with Gasteiger partial charge in [-0.2, -0.15) is 0 Å². The van der Waals surface area contributed by atoms with Crippen LogP contribution >= 0.6 is 0 Å². The Labute approximate surface area is 236 Å². The van der Waals surface area contributed by atoms with Gasteiger partial charge < -0.3 is 59.1 Å². The molecular weight excluding hydrogens is 548 g/mol. The van der Waals surface area contributed by atoms with Crippen molar-refractivity contribution in [2.24, 2.45) is 29.6 Å². The van der Waals surface area contributed by atoms with Gasteiger partial charge in [0.05, 0.1) is 37.4 Å². The number of aliphatic hydroxyl groups is 6. The van der Waals surface area contributed by atoms with E-state index >= 15 is 0 Å². The molecule has 41 heavy (non-hydrogen) atoms. The van der Waals surface area contributed by atoms with Gasteiger partial charge in [0.1, 0.15) is 30.5 Å². The Hall–Kier alpha value is -2.56. The predicted molar refractivity (Wildman–Crippen MR) is 135 cm³/mol. The third-order valence-corrected chi connectivity index (χ3v) is 8.46. The molecule has 2 fully saturated rings. The van der Waals surface area contributed by atoms with E-state index in [-0.39, 0.29) is 36.5 Å². The fraction of sp³-hybridized carbons (Fsp3) is 0.704. The Bertz CT molecular complexity index is 1030. The van der Waals surface area contributed by atoms with Crippen LogP contribution in [-0.2, 0) is 38.0 Å². The minimum absolute atomic E-state index is 0.0835. The number of esters is 2. The van der Waals surface area contributed by atoms with Crippen molar-refractivity contribution < 1.29 is 68.6 Å². The summed E-state index contributed by atoms with van der Waals surface area (Å²) in [7, 11) is 1.24. The number of rotatable bonds is 9. The van der Waals surface area contributed by atoms with Crippen LogP contribution in [0.5, 0.6) is 0 Å². The lowest BCUT2D eigenvalue weighted by Crippen LogP contribution is -2.60. The van der Waals surface area contributed by atoms with Crippen molar-refractivity contribution in [3.8, 4) is 0 Å². The van der Waals surface area contributed by atoms with Gasteiger partial charge in [-0.25, -0.2) is 9.59 Å². The van der Waals surface area contributed by atoms with Gasteiger partial charge in [-0.15, -0.1) is 6.58 Å². The number of hydrogen-bond donors (Lipinski definition) is 6. The van der Waals surface area contributed by atoms with Gasteiger partial charge in [0.15, 0.2) is 12.6 Å². The molecule has 13 atom stereocenters. The summed E-state index contributed by atoms with van der Waals surface area (Å²) >= 11 is 0. The number of aliphatic hydroxyl groups excluding tert-OH is 6. The van der Waals surface area contributed by atoms with Gasteiger partial charge in [0.25, 0.3) is 0 Å². The van der Waals surface area contributed by atoms with E-state index in [0.29, 0.717) is 0 Å². The van der Waals surface area contributed by atoms with E-state index in [1.165, 1.54) is 19.4 Å². The average Bonchev–Trinajstić information content (AvgIpc) is 3.29. The number of carbonyl (C=O) groups is 2. The molecule has 4 aliphatic rings. The van der Waals surface area contributed by atoms with Gasteiger partial charge in [-0.05, 0) is 12.8 Å². The second-order valence-corrected chi connectivity index (χ2v) is 10.7. The molecule has 0 spiro atoms. The molecule has 0 aromatic heterocycles. The molecule has 4 rings (SSSR count). The van der Waals surface area contributed by atoms with Gasteiger partial charge in [0, 0.05) is 36.2 Å². The van der Waals surface area contributed by atoms with Gasteiger partial charge in [-0.3, -0.25) is 0 Å².